The molecule has 0 fully saturated rings. The number of thiazole rings is 1. The minimum absolute atomic E-state index is 0.187. The molecule has 4 nitrogen and oxygen atoms in total. The SMILES string of the molecule is Cc1nc2ccc(NC(=O)[C@H](C)Oc3ccc(Br)cc3)cc2s1. The van der Waals surface area contributed by atoms with Crippen LogP contribution in [-0.2, 0) is 4.79 Å². The number of carbonyl (C=O) groups is 1. The Bertz CT molecular complexity index is 845. The molecule has 1 atom stereocenters. The van der Waals surface area contributed by atoms with Crippen molar-refractivity contribution in [3.63, 3.8) is 0 Å². The molecule has 0 bridgehead atoms. The Hall–Kier alpha value is -1.92. The van der Waals surface area contributed by atoms with Gasteiger partial charge in [-0.3, -0.25) is 4.79 Å². The Morgan fingerprint density at radius 3 is 2.74 bits per heavy atom. The number of anilines is 1. The molecule has 0 saturated heterocycles. The molecule has 0 unspecified atom stereocenters. The van der Waals surface area contributed by atoms with E-state index in [1.807, 2.05) is 49.4 Å². The number of amides is 1. The summed E-state index contributed by atoms with van der Waals surface area (Å²) in [5.41, 5.74) is 1.70. The zero-order valence-corrected chi connectivity index (χ0v) is 15.1. The Kier molecular flexibility index (Phi) is 4.63. The first-order valence-corrected chi connectivity index (χ1v) is 8.72. The van der Waals surface area contributed by atoms with Crippen LogP contribution in [0.5, 0.6) is 5.75 Å². The first kappa shape index (κ1) is 16.0. The molecule has 1 heterocycles. The van der Waals surface area contributed by atoms with Gasteiger partial charge in [0.25, 0.3) is 5.91 Å². The topological polar surface area (TPSA) is 51.2 Å². The van der Waals surface area contributed by atoms with Gasteiger partial charge in [0, 0.05) is 10.2 Å². The van der Waals surface area contributed by atoms with Crippen molar-refractivity contribution in [2.45, 2.75) is 20.0 Å². The summed E-state index contributed by atoms with van der Waals surface area (Å²) in [5.74, 6) is 0.470. The number of halogens is 1. The molecule has 0 saturated carbocycles. The van der Waals surface area contributed by atoms with E-state index in [0.717, 1.165) is 25.4 Å². The summed E-state index contributed by atoms with van der Waals surface area (Å²) in [5, 5.41) is 3.89. The van der Waals surface area contributed by atoms with Gasteiger partial charge in [-0.05, 0) is 56.3 Å². The number of hydrogen-bond donors (Lipinski definition) is 1. The lowest BCUT2D eigenvalue weighted by Gasteiger charge is -2.14. The summed E-state index contributed by atoms with van der Waals surface area (Å²) >= 11 is 4.97. The van der Waals surface area contributed by atoms with Gasteiger partial charge in [0.15, 0.2) is 6.10 Å². The molecule has 1 amide bonds. The number of rotatable bonds is 4. The van der Waals surface area contributed by atoms with E-state index in [0.29, 0.717) is 5.75 Å². The van der Waals surface area contributed by atoms with E-state index < -0.39 is 6.10 Å². The minimum atomic E-state index is -0.588. The van der Waals surface area contributed by atoms with Gasteiger partial charge in [-0.2, -0.15) is 0 Å². The van der Waals surface area contributed by atoms with E-state index in [2.05, 4.69) is 26.2 Å². The molecule has 0 spiro atoms. The van der Waals surface area contributed by atoms with Crippen LogP contribution in [-0.4, -0.2) is 17.0 Å². The molecule has 0 aliphatic carbocycles. The van der Waals surface area contributed by atoms with Crippen molar-refractivity contribution < 1.29 is 9.53 Å². The average Bonchev–Trinajstić information content (AvgIpc) is 2.88. The van der Waals surface area contributed by atoms with E-state index in [9.17, 15) is 4.79 Å². The Morgan fingerprint density at radius 2 is 2.00 bits per heavy atom. The number of fused-ring (bicyclic) bond motifs is 1. The van der Waals surface area contributed by atoms with E-state index >= 15 is 0 Å². The van der Waals surface area contributed by atoms with Gasteiger partial charge in [0.1, 0.15) is 5.75 Å². The molecular weight excluding hydrogens is 376 g/mol. The first-order valence-electron chi connectivity index (χ1n) is 7.11. The smallest absolute Gasteiger partial charge is 0.265 e. The summed E-state index contributed by atoms with van der Waals surface area (Å²) in [6, 6.07) is 13.1. The van der Waals surface area contributed by atoms with Crippen molar-refractivity contribution in [3.05, 3.63) is 51.9 Å². The molecule has 1 aromatic heterocycles. The van der Waals surface area contributed by atoms with Crippen LogP contribution < -0.4 is 10.1 Å². The van der Waals surface area contributed by atoms with Crippen molar-refractivity contribution in [1.29, 1.82) is 0 Å². The normalized spacial score (nSPS) is 12.1. The number of benzene rings is 2. The number of hydrogen-bond acceptors (Lipinski definition) is 4. The monoisotopic (exact) mass is 390 g/mol. The van der Waals surface area contributed by atoms with Crippen LogP contribution in [0.4, 0.5) is 5.69 Å². The third kappa shape index (κ3) is 3.89. The van der Waals surface area contributed by atoms with Gasteiger partial charge in [0.05, 0.1) is 15.2 Å². The minimum Gasteiger partial charge on any atom is -0.481 e. The maximum atomic E-state index is 12.3. The van der Waals surface area contributed by atoms with Crippen LogP contribution in [0.25, 0.3) is 10.2 Å². The average molecular weight is 391 g/mol. The van der Waals surface area contributed by atoms with Crippen molar-refractivity contribution in [3.8, 4) is 5.75 Å². The molecular formula is C17H15BrN2O2S. The first-order chi connectivity index (χ1) is 11.0. The molecule has 23 heavy (non-hydrogen) atoms. The summed E-state index contributed by atoms with van der Waals surface area (Å²) in [4.78, 5) is 16.7. The number of nitrogens with zero attached hydrogens (tertiary/aromatic N) is 1. The number of carbonyl (C=O) groups excluding carboxylic acids is 1. The molecule has 0 aliphatic rings. The molecule has 118 valence electrons. The zero-order valence-electron chi connectivity index (χ0n) is 12.7. The fraction of sp³-hybridized carbons (Fsp3) is 0.176. The lowest BCUT2D eigenvalue weighted by molar-refractivity contribution is -0.122. The highest BCUT2D eigenvalue weighted by atomic mass is 79.9. The van der Waals surface area contributed by atoms with Crippen LogP contribution >= 0.6 is 27.3 Å². The molecule has 3 aromatic rings. The van der Waals surface area contributed by atoms with Gasteiger partial charge in [-0.15, -0.1) is 11.3 Å². The second-order valence-electron chi connectivity index (χ2n) is 5.12. The summed E-state index contributed by atoms with van der Waals surface area (Å²) in [6.45, 7) is 3.70. The number of aromatic nitrogens is 1. The number of aryl methyl sites for hydroxylation is 1. The maximum Gasteiger partial charge on any atom is 0.265 e. The number of ether oxygens (including phenoxy) is 1. The fourth-order valence-electron chi connectivity index (χ4n) is 2.13. The third-order valence-electron chi connectivity index (χ3n) is 3.26. The second-order valence-corrected chi connectivity index (χ2v) is 7.27. The summed E-state index contributed by atoms with van der Waals surface area (Å²) < 4.78 is 7.68. The fourth-order valence-corrected chi connectivity index (χ4v) is 3.26. The van der Waals surface area contributed by atoms with Crippen LogP contribution in [0.15, 0.2) is 46.9 Å². The highest BCUT2D eigenvalue weighted by molar-refractivity contribution is 9.10. The van der Waals surface area contributed by atoms with Crippen LogP contribution in [0, 0.1) is 6.92 Å². The Labute approximate surface area is 146 Å². The summed E-state index contributed by atoms with van der Waals surface area (Å²) in [7, 11) is 0. The lowest BCUT2D eigenvalue weighted by atomic mass is 10.2. The highest BCUT2D eigenvalue weighted by Gasteiger charge is 2.15. The molecule has 0 radical (unpaired) electrons. The van der Waals surface area contributed by atoms with E-state index in [1.54, 1.807) is 18.3 Å². The van der Waals surface area contributed by atoms with E-state index in [-0.39, 0.29) is 5.91 Å². The van der Waals surface area contributed by atoms with Gasteiger partial charge in [-0.25, -0.2) is 4.98 Å². The van der Waals surface area contributed by atoms with E-state index in [4.69, 9.17) is 4.74 Å². The molecule has 1 N–H and O–H groups in total. The number of nitrogens with one attached hydrogen (secondary N) is 1. The molecule has 0 aliphatic heterocycles. The summed E-state index contributed by atoms with van der Waals surface area (Å²) in [6.07, 6.45) is -0.588. The van der Waals surface area contributed by atoms with Crippen molar-refractivity contribution in [2.75, 3.05) is 5.32 Å². The maximum absolute atomic E-state index is 12.3. The molecule has 3 rings (SSSR count). The van der Waals surface area contributed by atoms with Gasteiger partial charge >= 0.3 is 0 Å². The largest absolute Gasteiger partial charge is 0.481 e. The van der Waals surface area contributed by atoms with Crippen molar-refractivity contribution in [2.24, 2.45) is 0 Å². The molecule has 6 heteroatoms. The van der Waals surface area contributed by atoms with E-state index in [1.165, 1.54) is 0 Å². The Balaban J connectivity index is 1.67. The van der Waals surface area contributed by atoms with Crippen LogP contribution in [0.3, 0.4) is 0 Å². The highest BCUT2D eigenvalue weighted by Crippen LogP contribution is 2.25. The van der Waals surface area contributed by atoms with Crippen LogP contribution in [0.2, 0.25) is 0 Å². The zero-order chi connectivity index (χ0) is 16.4. The Morgan fingerprint density at radius 1 is 1.26 bits per heavy atom. The van der Waals surface area contributed by atoms with Crippen molar-refractivity contribution in [1.82, 2.24) is 4.98 Å². The van der Waals surface area contributed by atoms with Crippen LogP contribution in [0.1, 0.15) is 11.9 Å². The lowest BCUT2D eigenvalue weighted by Crippen LogP contribution is -2.30. The molecule has 2 aromatic carbocycles. The quantitative estimate of drug-likeness (QED) is 0.697. The van der Waals surface area contributed by atoms with Gasteiger partial charge in [0.2, 0.25) is 0 Å². The standard InChI is InChI=1S/C17H15BrN2O2S/c1-10(22-14-6-3-12(18)4-7-14)17(21)20-13-5-8-15-16(9-13)23-11(2)19-15/h3-10H,1-2H3,(H,20,21)/t10-/m0/s1. The second kappa shape index (κ2) is 6.68. The third-order valence-corrected chi connectivity index (χ3v) is 4.72. The predicted octanol–water partition coefficient (Wildman–Crippen LogP) is 4.77. The van der Waals surface area contributed by atoms with Crippen molar-refractivity contribution >= 4 is 49.1 Å². The predicted molar refractivity (Wildman–Crippen MR) is 97.2 cm³/mol. The van der Waals surface area contributed by atoms with Gasteiger partial charge < -0.3 is 10.1 Å². The van der Waals surface area contributed by atoms with Gasteiger partial charge in [-0.1, -0.05) is 15.9 Å².